The van der Waals surface area contributed by atoms with Crippen molar-refractivity contribution in [1.82, 2.24) is 10.2 Å². The van der Waals surface area contributed by atoms with Crippen LogP contribution in [0.3, 0.4) is 0 Å². The van der Waals surface area contributed by atoms with Gasteiger partial charge in [-0.05, 0) is 48.6 Å². The van der Waals surface area contributed by atoms with E-state index < -0.39 is 28.5 Å². The van der Waals surface area contributed by atoms with Gasteiger partial charge in [0.15, 0.2) is 0 Å². The fraction of sp³-hybridized carbons (Fsp3) is 0.440. The number of nitrogens with one attached hydrogen (secondary N) is 1. The average Bonchev–Trinajstić information content (AvgIpc) is 2.79. The minimum Gasteiger partial charge on any atom is -0.354 e. The Bertz CT molecular complexity index is 1090. The van der Waals surface area contributed by atoms with Crippen LogP contribution in [0.4, 0.5) is 5.69 Å². The first-order valence-electron chi connectivity index (χ1n) is 11.3. The van der Waals surface area contributed by atoms with Crippen molar-refractivity contribution in [2.45, 2.75) is 46.7 Å². The second-order valence-corrected chi connectivity index (χ2v) is 11.1. The number of sulfonamides is 1. The zero-order valence-electron chi connectivity index (χ0n) is 20.4. The molecule has 186 valence electrons. The summed E-state index contributed by atoms with van der Waals surface area (Å²) in [6.07, 6.45) is 1.69. The summed E-state index contributed by atoms with van der Waals surface area (Å²) in [6, 6.07) is 13.3. The Morgan fingerprint density at radius 3 is 2.21 bits per heavy atom. The van der Waals surface area contributed by atoms with E-state index in [2.05, 4.69) is 5.32 Å². The van der Waals surface area contributed by atoms with Gasteiger partial charge in [0.2, 0.25) is 21.8 Å². The number of benzene rings is 2. The van der Waals surface area contributed by atoms with Gasteiger partial charge in [0.25, 0.3) is 0 Å². The van der Waals surface area contributed by atoms with E-state index in [0.717, 1.165) is 21.7 Å². The minimum absolute atomic E-state index is 0.138. The van der Waals surface area contributed by atoms with Crippen LogP contribution in [-0.4, -0.2) is 50.5 Å². The highest BCUT2D eigenvalue weighted by Crippen LogP contribution is 2.24. The summed E-state index contributed by atoms with van der Waals surface area (Å²) >= 11 is 5.99. The Morgan fingerprint density at radius 2 is 1.65 bits per heavy atom. The minimum atomic E-state index is -3.76. The maximum absolute atomic E-state index is 13.5. The molecule has 9 heteroatoms. The SMILES string of the molecule is CCc1ccccc1N(CC(=O)N(Cc1ccc(Cl)cc1)[C@H](C)C(=O)NCC(C)C)S(C)(=O)=O. The molecule has 7 nitrogen and oxygen atoms in total. The molecule has 2 aromatic carbocycles. The first kappa shape index (κ1) is 27.7. The first-order valence-corrected chi connectivity index (χ1v) is 13.5. The summed E-state index contributed by atoms with van der Waals surface area (Å²) in [5.41, 5.74) is 2.05. The lowest BCUT2D eigenvalue weighted by atomic mass is 10.1. The van der Waals surface area contributed by atoms with Gasteiger partial charge < -0.3 is 10.2 Å². The van der Waals surface area contributed by atoms with E-state index in [1.807, 2.05) is 32.9 Å². The molecule has 2 amide bonds. The third kappa shape index (κ3) is 7.74. The molecule has 0 aliphatic carbocycles. The molecule has 1 N–H and O–H groups in total. The summed E-state index contributed by atoms with van der Waals surface area (Å²) in [4.78, 5) is 27.8. The van der Waals surface area contributed by atoms with Gasteiger partial charge in [0.05, 0.1) is 11.9 Å². The Hall–Kier alpha value is -2.58. The van der Waals surface area contributed by atoms with Gasteiger partial charge in [0, 0.05) is 18.1 Å². The van der Waals surface area contributed by atoms with Crippen molar-refractivity contribution in [1.29, 1.82) is 0 Å². The maximum Gasteiger partial charge on any atom is 0.244 e. The highest BCUT2D eigenvalue weighted by molar-refractivity contribution is 7.92. The van der Waals surface area contributed by atoms with Crippen molar-refractivity contribution >= 4 is 39.1 Å². The standard InChI is InChI=1S/C25H34ClN3O4S/c1-6-21-9-7-8-10-23(21)29(34(5,32)33)17-24(30)28(16-20-11-13-22(26)14-12-20)19(4)25(31)27-15-18(2)3/h7-14,18-19H,6,15-17H2,1-5H3,(H,27,31)/t19-/m1/s1. The fourth-order valence-corrected chi connectivity index (χ4v) is 4.48. The van der Waals surface area contributed by atoms with Crippen molar-refractivity contribution in [3.8, 4) is 0 Å². The van der Waals surface area contributed by atoms with Crippen LogP contribution in [0.15, 0.2) is 48.5 Å². The van der Waals surface area contributed by atoms with E-state index in [1.165, 1.54) is 4.90 Å². The summed E-state index contributed by atoms with van der Waals surface area (Å²) in [5.74, 6) is -0.516. The van der Waals surface area contributed by atoms with Crippen LogP contribution >= 0.6 is 11.6 Å². The molecule has 2 aromatic rings. The topological polar surface area (TPSA) is 86.8 Å². The van der Waals surface area contributed by atoms with E-state index in [9.17, 15) is 18.0 Å². The van der Waals surface area contributed by atoms with Gasteiger partial charge in [-0.3, -0.25) is 13.9 Å². The Kier molecular flexibility index (Phi) is 9.94. The van der Waals surface area contributed by atoms with Crippen LogP contribution in [0, 0.1) is 5.92 Å². The predicted molar refractivity (Wildman–Crippen MR) is 137 cm³/mol. The molecule has 0 spiro atoms. The van der Waals surface area contributed by atoms with Crippen molar-refractivity contribution in [2.75, 3.05) is 23.7 Å². The quantitative estimate of drug-likeness (QED) is 0.500. The lowest BCUT2D eigenvalue weighted by Gasteiger charge is -2.32. The summed E-state index contributed by atoms with van der Waals surface area (Å²) in [6.45, 7) is 7.74. The Balaban J connectivity index is 2.39. The van der Waals surface area contributed by atoms with Crippen LogP contribution in [0.5, 0.6) is 0 Å². The van der Waals surface area contributed by atoms with Crippen molar-refractivity contribution in [2.24, 2.45) is 5.92 Å². The van der Waals surface area contributed by atoms with E-state index in [4.69, 9.17) is 11.6 Å². The van der Waals surface area contributed by atoms with Gasteiger partial charge >= 0.3 is 0 Å². The van der Waals surface area contributed by atoms with Crippen LogP contribution in [-0.2, 0) is 32.6 Å². The number of hydrogen-bond acceptors (Lipinski definition) is 4. The smallest absolute Gasteiger partial charge is 0.244 e. The number of amides is 2. The molecule has 0 radical (unpaired) electrons. The Labute approximate surface area is 208 Å². The summed E-state index contributed by atoms with van der Waals surface area (Å²) < 4.78 is 26.5. The zero-order valence-corrected chi connectivity index (χ0v) is 22.0. The number of para-hydroxylation sites is 1. The molecule has 34 heavy (non-hydrogen) atoms. The third-order valence-electron chi connectivity index (χ3n) is 5.44. The van der Waals surface area contributed by atoms with E-state index in [0.29, 0.717) is 23.7 Å². The molecule has 0 unspecified atom stereocenters. The van der Waals surface area contributed by atoms with E-state index in [-0.39, 0.29) is 18.4 Å². The molecule has 0 heterocycles. The van der Waals surface area contributed by atoms with E-state index in [1.54, 1.807) is 43.3 Å². The number of aryl methyl sites for hydroxylation is 1. The highest BCUT2D eigenvalue weighted by atomic mass is 35.5. The van der Waals surface area contributed by atoms with Crippen LogP contribution in [0.2, 0.25) is 5.02 Å². The van der Waals surface area contributed by atoms with Crippen molar-refractivity contribution in [3.05, 3.63) is 64.7 Å². The first-order chi connectivity index (χ1) is 15.9. The average molecular weight is 508 g/mol. The van der Waals surface area contributed by atoms with Crippen molar-refractivity contribution < 1.29 is 18.0 Å². The molecule has 0 bridgehead atoms. The summed E-state index contributed by atoms with van der Waals surface area (Å²) in [5, 5.41) is 3.42. The molecule has 1 atom stereocenters. The largest absolute Gasteiger partial charge is 0.354 e. The summed E-state index contributed by atoms with van der Waals surface area (Å²) in [7, 11) is -3.76. The van der Waals surface area contributed by atoms with Gasteiger partial charge in [-0.15, -0.1) is 0 Å². The molecular weight excluding hydrogens is 474 g/mol. The second kappa shape index (κ2) is 12.2. The number of carbonyl (C=O) groups is 2. The van der Waals surface area contributed by atoms with E-state index >= 15 is 0 Å². The molecule has 0 fully saturated rings. The number of nitrogens with zero attached hydrogens (tertiary/aromatic N) is 2. The number of anilines is 1. The normalized spacial score (nSPS) is 12.3. The number of rotatable bonds is 11. The lowest BCUT2D eigenvalue weighted by Crippen LogP contribution is -2.51. The molecule has 0 aromatic heterocycles. The zero-order chi connectivity index (χ0) is 25.5. The molecule has 0 aliphatic heterocycles. The van der Waals surface area contributed by atoms with Crippen LogP contribution in [0.1, 0.15) is 38.8 Å². The van der Waals surface area contributed by atoms with Crippen molar-refractivity contribution in [3.63, 3.8) is 0 Å². The number of hydrogen-bond donors (Lipinski definition) is 1. The van der Waals surface area contributed by atoms with Gasteiger partial charge in [-0.2, -0.15) is 0 Å². The second-order valence-electron chi connectivity index (χ2n) is 8.71. The molecule has 2 rings (SSSR count). The monoisotopic (exact) mass is 507 g/mol. The maximum atomic E-state index is 13.5. The van der Waals surface area contributed by atoms with Gasteiger partial charge in [0.1, 0.15) is 12.6 Å². The lowest BCUT2D eigenvalue weighted by molar-refractivity contribution is -0.139. The van der Waals surface area contributed by atoms with Gasteiger partial charge in [-0.1, -0.05) is 62.7 Å². The Morgan fingerprint density at radius 1 is 1.03 bits per heavy atom. The number of carbonyl (C=O) groups excluding carboxylic acids is 2. The molecule has 0 saturated heterocycles. The van der Waals surface area contributed by atoms with Crippen LogP contribution < -0.4 is 9.62 Å². The third-order valence-corrected chi connectivity index (χ3v) is 6.82. The van der Waals surface area contributed by atoms with Crippen LogP contribution in [0.25, 0.3) is 0 Å². The number of halogens is 1. The van der Waals surface area contributed by atoms with Gasteiger partial charge in [-0.25, -0.2) is 8.42 Å². The predicted octanol–water partition coefficient (Wildman–Crippen LogP) is 3.86. The fourth-order valence-electron chi connectivity index (χ4n) is 3.47. The molecule has 0 saturated carbocycles. The highest BCUT2D eigenvalue weighted by Gasteiger charge is 2.30. The molecular formula is C25H34ClN3O4S. The molecule has 0 aliphatic rings.